The summed E-state index contributed by atoms with van der Waals surface area (Å²) in [5.41, 5.74) is 1.00. The minimum Gasteiger partial charge on any atom is -0.478 e. The number of nitrogens with zero attached hydrogens (tertiary/aromatic N) is 1. The number of anilines is 2. The fourth-order valence-electron chi connectivity index (χ4n) is 1.54. The van der Waals surface area contributed by atoms with Crippen LogP contribution in [0.4, 0.5) is 11.6 Å². The SMILES string of the molecule is CN(c1ccccc1)c1ccc(/C=C/C(=O)O)o1. The van der Waals surface area contributed by atoms with Crippen molar-refractivity contribution in [1.29, 1.82) is 0 Å². The first-order valence-electron chi connectivity index (χ1n) is 5.46. The van der Waals surface area contributed by atoms with Crippen LogP contribution in [-0.4, -0.2) is 18.1 Å². The van der Waals surface area contributed by atoms with E-state index in [1.807, 2.05) is 42.3 Å². The first-order valence-corrected chi connectivity index (χ1v) is 5.46. The average Bonchev–Trinajstić information content (AvgIpc) is 2.85. The number of carbonyl (C=O) groups is 1. The van der Waals surface area contributed by atoms with E-state index in [4.69, 9.17) is 9.52 Å². The number of rotatable bonds is 4. The van der Waals surface area contributed by atoms with Crippen molar-refractivity contribution in [2.75, 3.05) is 11.9 Å². The van der Waals surface area contributed by atoms with Crippen molar-refractivity contribution in [3.63, 3.8) is 0 Å². The van der Waals surface area contributed by atoms with Crippen LogP contribution in [0, 0.1) is 0 Å². The van der Waals surface area contributed by atoms with E-state index in [1.54, 1.807) is 12.1 Å². The first kappa shape index (κ1) is 12.0. The molecule has 0 amide bonds. The quantitative estimate of drug-likeness (QED) is 0.838. The van der Waals surface area contributed by atoms with Crippen LogP contribution in [0.25, 0.3) is 6.08 Å². The lowest BCUT2D eigenvalue weighted by Gasteiger charge is -2.15. The number of para-hydroxylation sites is 1. The smallest absolute Gasteiger partial charge is 0.328 e. The van der Waals surface area contributed by atoms with Crippen molar-refractivity contribution in [2.45, 2.75) is 0 Å². The highest BCUT2D eigenvalue weighted by molar-refractivity contribution is 5.84. The fourth-order valence-corrected chi connectivity index (χ4v) is 1.54. The third-order valence-electron chi connectivity index (χ3n) is 2.48. The molecule has 0 bridgehead atoms. The molecular weight excluding hydrogens is 230 g/mol. The Balaban J connectivity index is 2.17. The van der Waals surface area contributed by atoms with Gasteiger partial charge < -0.3 is 14.4 Å². The Labute approximate surface area is 105 Å². The van der Waals surface area contributed by atoms with Gasteiger partial charge in [-0.25, -0.2) is 4.79 Å². The minimum absolute atomic E-state index is 0.509. The van der Waals surface area contributed by atoms with E-state index in [2.05, 4.69) is 0 Å². The Kier molecular flexibility index (Phi) is 3.48. The van der Waals surface area contributed by atoms with Crippen LogP contribution >= 0.6 is 0 Å². The number of carboxylic acids is 1. The van der Waals surface area contributed by atoms with Gasteiger partial charge in [0.15, 0.2) is 5.88 Å². The van der Waals surface area contributed by atoms with Gasteiger partial charge in [0.2, 0.25) is 0 Å². The molecule has 0 aliphatic carbocycles. The highest BCUT2D eigenvalue weighted by Crippen LogP contribution is 2.25. The van der Waals surface area contributed by atoms with Crippen LogP contribution in [0.3, 0.4) is 0 Å². The van der Waals surface area contributed by atoms with Crippen molar-refractivity contribution in [1.82, 2.24) is 0 Å². The molecule has 4 nitrogen and oxygen atoms in total. The van der Waals surface area contributed by atoms with E-state index in [0.29, 0.717) is 11.6 Å². The summed E-state index contributed by atoms with van der Waals surface area (Å²) in [6, 6.07) is 13.3. The third kappa shape index (κ3) is 2.79. The van der Waals surface area contributed by atoms with Crippen molar-refractivity contribution in [3.8, 4) is 0 Å². The molecule has 0 aliphatic heterocycles. The number of hydrogen-bond acceptors (Lipinski definition) is 3. The van der Waals surface area contributed by atoms with E-state index in [1.165, 1.54) is 6.08 Å². The molecule has 2 rings (SSSR count). The summed E-state index contributed by atoms with van der Waals surface area (Å²) >= 11 is 0. The molecule has 92 valence electrons. The molecule has 18 heavy (non-hydrogen) atoms. The summed E-state index contributed by atoms with van der Waals surface area (Å²) in [6.07, 6.45) is 2.47. The molecule has 0 radical (unpaired) electrons. The van der Waals surface area contributed by atoms with Crippen LogP contribution in [0.1, 0.15) is 5.76 Å². The lowest BCUT2D eigenvalue weighted by atomic mass is 10.3. The Morgan fingerprint density at radius 2 is 1.94 bits per heavy atom. The fraction of sp³-hybridized carbons (Fsp3) is 0.0714. The zero-order chi connectivity index (χ0) is 13.0. The van der Waals surface area contributed by atoms with Crippen molar-refractivity contribution >= 4 is 23.6 Å². The van der Waals surface area contributed by atoms with Crippen molar-refractivity contribution < 1.29 is 14.3 Å². The number of hydrogen-bond donors (Lipinski definition) is 1. The molecule has 0 fully saturated rings. The monoisotopic (exact) mass is 243 g/mol. The predicted molar refractivity (Wildman–Crippen MR) is 69.9 cm³/mol. The molecule has 1 heterocycles. The van der Waals surface area contributed by atoms with Gasteiger partial charge in [-0.2, -0.15) is 0 Å². The molecule has 1 aromatic heterocycles. The van der Waals surface area contributed by atoms with Crippen LogP contribution in [0.5, 0.6) is 0 Å². The van der Waals surface area contributed by atoms with Gasteiger partial charge >= 0.3 is 5.97 Å². The molecule has 1 aromatic carbocycles. The van der Waals surface area contributed by atoms with Crippen LogP contribution in [0.15, 0.2) is 53.0 Å². The maximum absolute atomic E-state index is 10.4. The number of furan rings is 1. The maximum atomic E-state index is 10.4. The number of benzene rings is 1. The zero-order valence-corrected chi connectivity index (χ0v) is 9.91. The van der Waals surface area contributed by atoms with Crippen LogP contribution in [0.2, 0.25) is 0 Å². The summed E-state index contributed by atoms with van der Waals surface area (Å²) in [4.78, 5) is 12.3. The molecule has 0 saturated heterocycles. The van der Waals surface area contributed by atoms with Gasteiger partial charge in [-0.1, -0.05) is 18.2 Å². The van der Waals surface area contributed by atoms with Gasteiger partial charge in [0.1, 0.15) is 5.76 Å². The first-order chi connectivity index (χ1) is 8.66. The normalized spacial score (nSPS) is 10.7. The summed E-state index contributed by atoms with van der Waals surface area (Å²) in [7, 11) is 1.89. The van der Waals surface area contributed by atoms with E-state index in [0.717, 1.165) is 11.8 Å². The molecule has 0 aliphatic rings. The third-order valence-corrected chi connectivity index (χ3v) is 2.48. The lowest BCUT2D eigenvalue weighted by Crippen LogP contribution is -2.07. The average molecular weight is 243 g/mol. The van der Waals surface area contributed by atoms with Gasteiger partial charge in [-0.15, -0.1) is 0 Å². The largest absolute Gasteiger partial charge is 0.478 e. The Bertz CT molecular complexity index is 557. The highest BCUT2D eigenvalue weighted by Gasteiger charge is 2.07. The van der Waals surface area contributed by atoms with Gasteiger partial charge in [0, 0.05) is 24.9 Å². The van der Waals surface area contributed by atoms with Gasteiger partial charge in [0.25, 0.3) is 0 Å². The standard InChI is InChI=1S/C14H13NO3/c1-15(11-5-3-2-4-6-11)13-9-7-12(18-13)8-10-14(16)17/h2-10H,1H3,(H,16,17)/b10-8+. The maximum Gasteiger partial charge on any atom is 0.328 e. The van der Waals surface area contributed by atoms with E-state index < -0.39 is 5.97 Å². The predicted octanol–water partition coefficient (Wildman–Crippen LogP) is 3.15. The molecular formula is C14H13NO3. The second-order valence-corrected chi connectivity index (χ2v) is 3.74. The second kappa shape index (κ2) is 5.23. The lowest BCUT2D eigenvalue weighted by molar-refractivity contribution is -0.131. The summed E-state index contributed by atoms with van der Waals surface area (Å²) in [5.74, 6) is 0.172. The topological polar surface area (TPSA) is 53.7 Å². The molecule has 0 spiro atoms. The van der Waals surface area contributed by atoms with Gasteiger partial charge in [0.05, 0.1) is 0 Å². The molecule has 1 N–H and O–H groups in total. The molecule has 0 saturated carbocycles. The molecule has 4 heteroatoms. The second-order valence-electron chi connectivity index (χ2n) is 3.74. The summed E-state index contributed by atoms with van der Waals surface area (Å²) in [6.45, 7) is 0. The molecule has 0 atom stereocenters. The number of aliphatic carboxylic acids is 1. The summed E-state index contributed by atoms with van der Waals surface area (Å²) in [5, 5.41) is 8.53. The van der Waals surface area contributed by atoms with Gasteiger partial charge in [-0.05, 0) is 24.3 Å². The Morgan fingerprint density at radius 3 is 2.61 bits per heavy atom. The minimum atomic E-state index is -0.996. The van der Waals surface area contributed by atoms with Crippen molar-refractivity contribution in [3.05, 3.63) is 54.3 Å². The van der Waals surface area contributed by atoms with Crippen LogP contribution < -0.4 is 4.90 Å². The Hall–Kier alpha value is -2.49. The van der Waals surface area contributed by atoms with Gasteiger partial charge in [-0.3, -0.25) is 0 Å². The van der Waals surface area contributed by atoms with E-state index >= 15 is 0 Å². The van der Waals surface area contributed by atoms with Crippen LogP contribution in [-0.2, 0) is 4.79 Å². The molecule has 0 unspecified atom stereocenters. The highest BCUT2D eigenvalue weighted by atomic mass is 16.4. The zero-order valence-electron chi connectivity index (χ0n) is 9.91. The summed E-state index contributed by atoms with van der Waals surface area (Å²) < 4.78 is 5.53. The van der Waals surface area contributed by atoms with E-state index in [-0.39, 0.29) is 0 Å². The Morgan fingerprint density at radius 1 is 1.22 bits per heavy atom. The molecule has 2 aromatic rings. The van der Waals surface area contributed by atoms with Crippen molar-refractivity contribution in [2.24, 2.45) is 0 Å². The van der Waals surface area contributed by atoms with E-state index in [9.17, 15) is 4.79 Å². The number of carboxylic acid groups (broad SMARTS) is 1.